The summed E-state index contributed by atoms with van der Waals surface area (Å²) in [6.45, 7) is 9.28. The van der Waals surface area contributed by atoms with Crippen molar-refractivity contribution >= 4 is 14.0 Å². The van der Waals surface area contributed by atoms with Crippen LogP contribution >= 0.6 is 0 Å². The minimum atomic E-state index is -1.31. The largest absolute Gasteiger partial charge is 0.349 e. The summed E-state index contributed by atoms with van der Waals surface area (Å²) in [5, 5.41) is 3.34. The van der Waals surface area contributed by atoms with Crippen molar-refractivity contribution < 1.29 is 4.79 Å². The van der Waals surface area contributed by atoms with Crippen molar-refractivity contribution in [3.8, 4) is 0 Å². The van der Waals surface area contributed by atoms with Crippen LogP contribution in [0.1, 0.15) is 74.6 Å². The normalized spacial score (nSPS) is 12.5. The highest BCUT2D eigenvalue weighted by Crippen LogP contribution is 2.23. The van der Waals surface area contributed by atoms with Crippen LogP contribution in [0.5, 0.6) is 0 Å². The highest BCUT2D eigenvalue weighted by Gasteiger charge is 2.22. The third-order valence-corrected chi connectivity index (χ3v) is 9.64. The first kappa shape index (κ1) is 25.4. The van der Waals surface area contributed by atoms with Crippen molar-refractivity contribution in [2.45, 2.75) is 96.4 Å². The van der Waals surface area contributed by atoms with Gasteiger partial charge in [-0.05, 0) is 30.5 Å². The molecule has 0 spiro atoms. The topological polar surface area (TPSA) is 29.1 Å². The zero-order valence-corrected chi connectivity index (χ0v) is 21.3. The fourth-order valence-electron chi connectivity index (χ4n) is 4.12. The van der Waals surface area contributed by atoms with Crippen LogP contribution in [0.25, 0.3) is 0 Å². The number of unbranched alkanes of at least 4 members (excludes halogenated alkanes) is 5. The second kappa shape index (κ2) is 13.5. The monoisotopic (exact) mass is 437 g/mol. The van der Waals surface area contributed by atoms with Gasteiger partial charge in [0.15, 0.2) is 0 Å². The Morgan fingerprint density at radius 2 is 1.52 bits per heavy atom. The molecule has 2 aromatic rings. The zero-order valence-electron chi connectivity index (χ0n) is 20.3. The van der Waals surface area contributed by atoms with Gasteiger partial charge in [-0.25, -0.2) is 0 Å². The fourth-order valence-corrected chi connectivity index (χ4v) is 6.49. The van der Waals surface area contributed by atoms with Gasteiger partial charge in [-0.2, -0.15) is 0 Å². The first-order valence-electron chi connectivity index (χ1n) is 12.3. The second-order valence-electron chi connectivity index (χ2n) is 9.90. The van der Waals surface area contributed by atoms with Crippen molar-refractivity contribution in [1.82, 2.24) is 5.32 Å². The first-order valence-corrected chi connectivity index (χ1v) is 15.7. The Hall–Kier alpha value is -1.87. The molecule has 2 aromatic carbocycles. The molecular formula is C28H43NOSi. The standard InChI is InChI=1S/C28H43NOSi/c1-5-6-7-8-9-13-21-31(3,4)22-20-28(30)29-27(26-14-11-10-12-15-26)23-25-18-16-24(2)17-19-25/h10-12,14-19,27H,5-9,13,20-23H2,1-4H3,(H,29,30). The predicted molar refractivity (Wildman–Crippen MR) is 137 cm³/mol. The molecule has 170 valence electrons. The maximum absolute atomic E-state index is 12.9. The molecule has 0 heterocycles. The van der Waals surface area contributed by atoms with Crippen LogP contribution in [0.15, 0.2) is 54.6 Å². The molecule has 0 aliphatic rings. The summed E-state index contributed by atoms with van der Waals surface area (Å²) in [4.78, 5) is 12.9. The summed E-state index contributed by atoms with van der Waals surface area (Å²) >= 11 is 0. The number of carbonyl (C=O) groups is 1. The highest BCUT2D eigenvalue weighted by molar-refractivity contribution is 6.77. The van der Waals surface area contributed by atoms with Crippen molar-refractivity contribution in [1.29, 1.82) is 0 Å². The van der Waals surface area contributed by atoms with Crippen LogP contribution in [0, 0.1) is 6.92 Å². The Morgan fingerprint density at radius 1 is 0.871 bits per heavy atom. The Bertz CT molecular complexity index is 754. The molecule has 0 fully saturated rings. The summed E-state index contributed by atoms with van der Waals surface area (Å²) < 4.78 is 0. The molecule has 1 amide bonds. The third-order valence-electron chi connectivity index (χ3n) is 6.33. The van der Waals surface area contributed by atoms with E-state index in [-0.39, 0.29) is 11.9 Å². The van der Waals surface area contributed by atoms with E-state index in [1.807, 2.05) is 6.07 Å². The molecule has 1 atom stereocenters. The molecule has 0 aliphatic heterocycles. The van der Waals surface area contributed by atoms with Gasteiger partial charge >= 0.3 is 0 Å². The number of nitrogens with one attached hydrogen (secondary N) is 1. The maximum Gasteiger partial charge on any atom is 0.220 e. The van der Waals surface area contributed by atoms with E-state index in [0.717, 1.165) is 12.5 Å². The SMILES string of the molecule is CCCCCCCC[Si](C)(C)CCC(=O)NC(Cc1ccc(C)cc1)c1ccccc1. The highest BCUT2D eigenvalue weighted by atomic mass is 28.3. The minimum Gasteiger partial charge on any atom is -0.349 e. The molecule has 2 rings (SSSR count). The van der Waals surface area contributed by atoms with Crippen LogP contribution < -0.4 is 5.32 Å². The van der Waals surface area contributed by atoms with Crippen LogP contribution in [-0.4, -0.2) is 14.0 Å². The van der Waals surface area contributed by atoms with Gasteiger partial charge in [0, 0.05) is 14.5 Å². The van der Waals surface area contributed by atoms with Crippen LogP contribution in [0.2, 0.25) is 25.2 Å². The summed E-state index contributed by atoms with van der Waals surface area (Å²) in [7, 11) is -1.31. The van der Waals surface area contributed by atoms with Gasteiger partial charge in [0.25, 0.3) is 0 Å². The van der Waals surface area contributed by atoms with E-state index in [1.165, 1.54) is 61.3 Å². The zero-order chi connectivity index (χ0) is 22.5. The lowest BCUT2D eigenvalue weighted by molar-refractivity contribution is -0.121. The van der Waals surface area contributed by atoms with Crippen LogP contribution in [0.3, 0.4) is 0 Å². The van der Waals surface area contributed by atoms with Crippen LogP contribution in [-0.2, 0) is 11.2 Å². The van der Waals surface area contributed by atoms with E-state index in [1.54, 1.807) is 0 Å². The van der Waals surface area contributed by atoms with Gasteiger partial charge in [0.05, 0.1) is 6.04 Å². The van der Waals surface area contributed by atoms with Crippen LogP contribution in [0.4, 0.5) is 0 Å². The summed E-state index contributed by atoms with van der Waals surface area (Å²) in [6.07, 6.45) is 9.61. The molecule has 0 saturated heterocycles. The van der Waals surface area contributed by atoms with Gasteiger partial charge in [0.1, 0.15) is 0 Å². The Morgan fingerprint density at radius 3 is 2.19 bits per heavy atom. The minimum absolute atomic E-state index is 0.0275. The average Bonchev–Trinajstić information content (AvgIpc) is 2.76. The summed E-state index contributed by atoms with van der Waals surface area (Å²) in [6, 6.07) is 21.5. The molecule has 3 heteroatoms. The molecule has 2 nitrogen and oxygen atoms in total. The number of aryl methyl sites for hydroxylation is 1. The third kappa shape index (κ3) is 10.3. The first-order chi connectivity index (χ1) is 14.9. The Balaban J connectivity index is 1.86. The molecule has 0 bridgehead atoms. The number of carbonyl (C=O) groups excluding carboxylic acids is 1. The second-order valence-corrected chi connectivity index (χ2v) is 15.2. The lowest BCUT2D eigenvalue weighted by Gasteiger charge is -2.24. The van der Waals surface area contributed by atoms with E-state index in [9.17, 15) is 4.79 Å². The summed E-state index contributed by atoms with van der Waals surface area (Å²) in [5.41, 5.74) is 3.71. The molecule has 0 radical (unpaired) electrons. The van der Waals surface area contributed by atoms with Gasteiger partial charge in [-0.1, -0.05) is 125 Å². The van der Waals surface area contributed by atoms with E-state index in [4.69, 9.17) is 0 Å². The molecule has 1 unspecified atom stereocenters. The Labute approximate surface area is 191 Å². The number of benzene rings is 2. The van der Waals surface area contributed by atoms with Crippen molar-refractivity contribution in [2.75, 3.05) is 0 Å². The van der Waals surface area contributed by atoms with Gasteiger partial charge in [-0.3, -0.25) is 4.79 Å². The molecule has 31 heavy (non-hydrogen) atoms. The Kier molecular flexibility index (Phi) is 11.1. The molecule has 0 aromatic heterocycles. The number of hydrogen-bond donors (Lipinski definition) is 1. The lowest BCUT2D eigenvalue weighted by atomic mass is 9.98. The van der Waals surface area contributed by atoms with Gasteiger partial charge in [-0.15, -0.1) is 0 Å². The fraction of sp³-hybridized carbons (Fsp3) is 0.536. The quantitative estimate of drug-likeness (QED) is 0.236. The summed E-state index contributed by atoms with van der Waals surface area (Å²) in [5.74, 6) is 0.199. The van der Waals surface area contributed by atoms with Crippen molar-refractivity contribution in [2.24, 2.45) is 0 Å². The van der Waals surface area contributed by atoms with Crippen molar-refractivity contribution in [3.63, 3.8) is 0 Å². The molecule has 0 aliphatic carbocycles. The van der Waals surface area contributed by atoms with E-state index in [0.29, 0.717) is 6.42 Å². The lowest BCUT2D eigenvalue weighted by Crippen LogP contribution is -2.33. The number of amides is 1. The van der Waals surface area contributed by atoms with E-state index < -0.39 is 8.07 Å². The van der Waals surface area contributed by atoms with Gasteiger partial charge in [0.2, 0.25) is 5.91 Å². The number of rotatable bonds is 14. The average molecular weight is 438 g/mol. The molecular weight excluding hydrogens is 394 g/mol. The predicted octanol–water partition coefficient (Wildman–Crippen LogP) is 7.85. The maximum atomic E-state index is 12.9. The molecule has 0 saturated carbocycles. The number of hydrogen-bond acceptors (Lipinski definition) is 1. The van der Waals surface area contributed by atoms with Crippen molar-refractivity contribution in [3.05, 3.63) is 71.3 Å². The van der Waals surface area contributed by atoms with Gasteiger partial charge < -0.3 is 5.32 Å². The molecule has 1 N–H and O–H groups in total. The smallest absolute Gasteiger partial charge is 0.220 e. The van der Waals surface area contributed by atoms with E-state index in [2.05, 4.69) is 80.8 Å². The van der Waals surface area contributed by atoms with E-state index >= 15 is 0 Å².